The Kier molecular flexibility index (Phi) is 5.34. The van der Waals surface area contributed by atoms with Crippen LogP contribution in [-0.2, 0) is 5.75 Å². The third-order valence-corrected chi connectivity index (χ3v) is 4.70. The molecule has 1 aliphatic rings. The van der Waals surface area contributed by atoms with Gasteiger partial charge in [0.2, 0.25) is 12.2 Å². The summed E-state index contributed by atoms with van der Waals surface area (Å²) < 4.78 is 5.17. The van der Waals surface area contributed by atoms with Gasteiger partial charge in [0.1, 0.15) is 5.75 Å². The van der Waals surface area contributed by atoms with Gasteiger partial charge in [-0.2, -0.15) is 17.0 Å². The quantitative estimate of drug-likeness (QED) is 0.797. The summed E-state index contributed by atoms with van der Waals surface area (Å²) in [7, 11) is 5.64. The van der Waals surface area contributed by atoms with Crippen molar-refractivity contribution in [3.05, 3.63) is 29.8 Å². The fraction of sp³-hybridized carbons (Fsp3) is 0.467. The zero-order valence-corrected chi connectivity index (χ0v) is 13.4. The lowest BCUT2D eigenvalue weighted by Gasteiger charge is -2.38. The van der Waals surface area contributed by atoms with Gasteiger partial charge in [-0.1, -0.05) is 12.1 Å². The molecule has 2 rings (SSSR count). The molecule has 0 unspecified atom stereocenters. The Labute approximate surface area is 130 Å². The monoisotopic (exact) mass is 304 g/mol. The highest BCUT2D eigenvalue weighted by atomic mass is 32.2. The number of thioether (sulfide) groups is 1. The number of benzene rings is 1. The van der Waals surface area contributed by atoms with Gasteiger partial charge in [0.15, 0.2) is 0 Å². The molecule has 0 N–H and O–H groups in total. The number of hydrogen-bond donors (Lipinski definition) is 0. The molecule has 0 atom stereocenters. The summed E-state index contributed by atoms with van der Waals surface area (Å²) in [6.45, 7) is 1.82. The zero-order valence-electron chi connectivity index (χ0n) is 12.6. The first kappa shape index (κ1) is 15.5. The van der Waals surface area contributed by atoms with E-state index in [4.69, 9.17) is 10.00 Å². The van der Waals surface area contributed by atoms with Crippen molar-refractivity contribution in [2.75, 3.05) is 34.3 Å². The van der Waals surface area contributed by atoms with Crippen molar-refractivity contribution in [3.8, 4) is 11.9 Å². The second kappa shape index (κ2) is 7.23. The van der Waals surface area contributed by atoms with Gasteiger partial charge < -0.3 is 14.5 Å². The summed E-state index contributed by atoms with van der Waals surface area (Å²) in [5, 5.41) is 9.21. The maximum absolute atomic E-state index is 8.71. The Balaban J connectivity index is 1.89. The number of hydrogen-bond acceptors (Lipinski definition) is 4. The third-order valence-electron chi connectivity index (χ3n) is 3.43. The number of guanidine groups is 1. The number of ether oxygens (including phenoxy) is 1. The molecule has 0 amide bonds. The van der Waals surface area contributed by atoms with Gasteiger partial charge in [-0.15, -0.1) is 4.99 Å². The van der Waals surface area contributed by atoms with E-state index < -0.39 is 0 Å². The van der Waals surface area contributed by atoms with Gasteiger partial charge in [-0.3, -0.25) is 0 Å². The minimum absolute atomic E-state index is 0.500. The first-order chi connectivity index (χ1) is 10.1. The maximum Gasteiger partial charge on any atom is 0.212 e. The molecule has 1 saturated heterocycles. The molecule has 1 heterocycles. The Morgan fingerprint density at radius 3 is 2.43 bits per heavy atom. The number of nitrogens with zero attached hydrogens (tertiary/aromatic N) is 4. The second-order valence-corrected chi connectivity index (χ2v) is 6.34. The number of nitriles is 1. The zero-order chi connectivity index (χ0) is 15.2. The summed E-state index contributed by atoms with van der Waals surface area (Å²) in [4.78, 5) is 7.95. The minimum Gasteiger partial charge on any atom is -0.497 e. The lowest BCUT2D eigenvalue weighted by molar-refractivity contribution is 0.326. The smallest absolute Gasteiger partial charge is 0.212 e. The average molecular weight is 304 g/mol. The van der Waals surface area contributed by atoms with Crippen molar-refractivity contribution >= 4 is 17.7 Å². The largest absolute Gasteiger partial charge is 0.497 e. The van der Waals surface area contributed by atoms with E-state index in [1.165, 1.54) is 5.56 Å². The number of rotatable bonds is 4. The fourth-order valence-electron chi connectivity index (χ4n) is 2.38. The Morgan fingerprint density at radius 1 is 1.29 bits per heavy atom. The van der Waals surface area contributed by atoms with E-state index in [2.05, 4.69) is 17.1 Å². The summed E-state index contributed by atoms with van der Waals surface area (Å²) in [5.41, 5.74) is 1.29. The first-order valence-corrected chi connectivity index (χ1v) is 7.82. The van der Waals surface area contributed by atoms with Crippen LogP contribution in [0.4, 0.5) is 0 Å². The van der Waals surface area contributed by atoms with E-state index in [1.54, 1.807) is 7.11 Å². The molecule has 0 saturated carbocycles. The number of methoxy groups -OCH3 is 1. The topological polar surface area (TPSA) is 51.9 Å². The van der Waals surface area contributed by atoms with Crippen LogP contribution in [0.1, 0.15) is 5.56 Å². The first-order valence-electron chi connectivity index (χ1n) is 6.77. The third kappa shape index (κ3) is 4.05. The predicted octanol–water partition coefficient (Wildman–Crippen LogP) is 2.01. The molecule has 0 aromatic heterocycles. The lowest BCUT2D eigenvalue weighted by atomic mass is 10.2. The van der Waals surface area contributed by atoms with E-state index in [0.717, 1.165) is 30.6 Å². The molecule has 1 fully saturated rings. The van der Waals surface area contributed by atoms with Gasteiger partial charge >= 0.3 is 0 Å². The lowest BCUT2D eigenvalue weighted by Crippen LogP contribution is -2.52. The van der Waals surface area contributed by atoms with E-state index in [-0.39, 0.29) is 0 Å². The van der Waals surface area contributed by atoms with Crippen LogP contribution in [0.25, 0.3) is 0 Å². The van der Waals surface area contributed by atoms with Crippen LogP contribution in [0.3, 0.4) is 0 Å². The van der Waals surface area contributed by atoms with Crippen molar-refractivity contribution in [1.82, 2.24) is 9.80 Å². The molecule has 0 aliphatic carbocycles. The van der Waals surface area contributed by atoms with Gasteiger partial charge in [0, 0.05) is 38.2 Å². The fourth-order valence-corrected chi connectivity index (χ4v) is 3.66. The van der Waals surface area contributed by atoms with Crippen LogP contribution in [0.5, 0.6) is 5.75 Å². The van der Waals surface area contributed by atoms with Crippen LogP contribution >= 0.6 is 11.8 Å². The van der Waals surface area contributed by atoms with E-state index in [9.17, 15) is 0 Å². The molecule has 6 heteroatoms. The standard InChI is InChI=1S/C15H20N4OS/c1-18-8-14(9-19(2)15(18)17-11-16)21-10-12-4-6-13(20-3)7-5-12/h4-7,14H,8-10H2,1-3H3. The Bertz CT molecular complexity index is 524. The van der Waals surface area contributed by atoms with Crippen LogP contribution in [-0.4, -0.2) is 55.3 Å². The SMILES string of the molecule is COc1ccc(CSC2CN(C)C(=NC#N)N(C)C2)cc1. The van der Waals surface area contributed by atoms with E-state index >= 15 is 0 Å². The van der Waals surface area contributed by atoms with Crippen molar-refractivity contribution in [2.45, 2.75) is 11.0 Å². The highest BCUT2D eigenvalue weighted by Crippen LogP contribution is 2.23. The maximum atomic E-state index is 8.71. The molecular weight excluding hydrogens is 284 g/mol. The molecule has 1 aliphatic heterocycles. The Morgan fingerprint density at radius 2 is 1.90 bits per heavy atom. The highest BCUT2D eigenvalue weighted by molar-refractivity contribution is 7.99. The van der Waals surface area contributed by atoms with Crippen LogP contribution in [0.2, 0.25) is 0 Å². The van der Waals surface area contributed by atoms with Crippen molar-refractivity contribution < 1.29 is 4.74 Å². The molecule has 21 heavy (non-hydrogen) atoms. The summed E-state index contributed by atoms with van der Waals surface area (Å²) in [6.07, 6.45) is 1.87. The molecule has 0 spiro atoms. The van der Waals surface area contributed by atoms with Gasteiger partial charge in [-0.05, 0) is 17.7 Å². The minimum atomic E-state index is 0.500. The number of aliphatic imine (C=N–C) groups is 1. The molecule has 0 bridgehead atoms. The molecular formula is C15H20N4OS. The average Bonchev–Trinajstić information content (AvgIpc) is 2.49. The highest BCUT2D eigenvalue weighted by Gasteiger charge is 2.25. The van der Waals surface area contributed by atoms with Gasteiger partial charge in [-0.25, -0.2) is 0 Å². The van der Waals surface area contributed by atoms with Crippen LogP contribution < -0.4 is 4.74 Å². The summed E-state index contributed by atoms with van der Waals surface area (Å²) in [6, 6.07) is 8.19. The van der Waals surface area contributed by atoms with Crippen molar-refractivity contribution in [1.29, 1.82) is 5.26 Å². The summed E-state index contributed by atoms with van der Waals surface area (Å²) in [5.74, 6) is 2.61. The Hall–Kier alpha value is -1.87. The van der Waals surface area contributed by atoms with Crippen molar-refractivity contribution in [2.24, 2.45) is 4.99 Å². The molecule has 1 aromatic rings. The van der Waals surface area contributed by atoms with Crippen molar-refractivity contribution in [3.63, 3.8) is 0 Å². The molecule has 112 valence electrons. The van der Waals surface area contributed by atoms with E-state index in [1.807, 2.05) is 54.0 Å². The van der Waals surface area contributed by atoms with Gasteiger partial charge in [0.25, 0.3) is 0 Å². The second-order valence-electron chi connectivity index (χ2n) is 5.05. The predicted molar refractivity (Wildman–Crippen MR) is 86.4 cm³/mol. The molecule has 5 nitrogen and oxygen atoms in total. The van der Waals surface area contributed by atoms with E-state index in [0.29, 0.717) is 5.25 Å². The summed E-state index contributed by atoms with van der Waals surface area (Å²) >= 11 is 1.93. The normalized spacial score (nSPS) is 18.4. The molecule has 0 radical (unpaired) electrons. The van der Waals surface area contributed by atoms with Gasteiger partial charge in [0.05, 0.1) is 7.11 Å². The van der Waals surface area contributed by atoms with Crippen LogP contribution in [0, 0.1) is 11.5 Å². The molecule has 1 aromatic carbocycles. The van der Waals surface area contributed by atoms with Crippen LogP contribution in [0.15, 0.2) is 29.3 Å².